The zero-order valence-electron chi connectivity index (χ0n) is 13.1. The van der Waals surface area contributed by atoms with Crippen LogP contribution in [0.25, 0.3) is 0 Å². The Bertz CT molecular complexity index is 547. The molecule has 2 N–H and O–H groups in total. The van der Waals surface area contributed by atoms with Crippen molar-refractivity contribution >= 4 is 11.8 Å². The van der Waals surface area contributed by atoms with Gasteiger partial charge in [-0.05, 0) is 25.1 Å². The number of nitrogens with two attached hydrogens (primary N) is 1. The molecule has 1 saturated heterocycles. The molecule has 0 spiro atoms. The summed E-state index contributed by atoms with van der Waals surface area (Å²) in [4.78, 5) is 27.4. The lowest BCUT2D eigenvalue weighted by molar-refractivity contribution is -0.136. The lowest BCUT2D eigenvalue weighted by Gasteiger charge is -2.37. The van der Waals surface area contributed by atoms with Gasteiger partial charge in [-0.2, -0.15) is 0 Å². The van der Waals surface area contributed by atoms with Crippen LogP contribution in [0.3, 0.4) is 0 Å². The number of ether oxygens (including phenoxy) is 1. The minimum Gasteiger partial charge on any atom is -0.496 e. The standard InChI is InChI=1S/C16H23N3O3/c1-18-9-10-19(11-13(18)16(17)21)15(20)8-7-12-5-3-4-6-14(12)22-2/h3-6,13H,7-11H2,1-2H3,(H2,17,21). The molecule has 1 aromatic rings. The van der Waals surface area contributed by atoms with Crippen molar-refractivity contribution < 1.29 is 14.3 Å². The first kappa shape index (κ1) is 16.3. The van der Waals surface area contributed by atoms with E-state index in [2.05, 4.69) is 0 Å². The smallest absolute Gasteiger partial charge is 0.236 e. The van der Waals surface area contributed by atoms with Crippen molar-refractivity contribution in [2.75, 3.05) is 33.8 Å². The first-order valence-corrected chi connectivity index (χ1v) is 7.42. The number of nitrogens with zero attached hydrogens (tertiary/aromatic N) is 2. The molecule has 1 unspecified atom stereocenters. The highest BCUT2D eigenvalue weighted by atomic mass is 16.5. The van der Waals surface area contributed by atoms with Crippen LogP contribution in [0.1, 0.15) is 12.0 Å². The van der Waals surface area contributed by atoms with E-state index in [0.29, 0.717) is 32.5 Å². The van der Waals surface area contributed by atoms with Gasteiger partial charge >= 0.3 is 0 Å². The number of para-hydroxylation sites is 1. The molecular formula is C16H23N3O3. The van der Waals surface area contributed by atoms with Crippen molar-refractivity contribution in [1.29, 1.82) is 0 Å². The highest BCUT2D eigenvalue weighted by molar-refractivity contribution is 5.82. The number of aryl methyl sites for hydroxylation is 1. The molecule has 2 amide bonds. The predicted octanol–water partition coefficient (Wildman–Crippen LogP) is 0.256. The molecular weight excluding hydrogens is 282 g/mol. The van der Waals surface area contributed by atoms with E-state index in [0.717, 1.165) is 11.3 Å². The Kier molecular flexibility index (Phi) is 5.38. The monoisotopic (exact) mass is 305 g/mol. The number of methoxy groups -OCH3 is 1. The molecule has 120 valence electrons. The fourth-order valence-corrected chi connectivity index (χ4v) is 2.72. The molecule has 1 aliphatic heterocycles. The minimum absolute atomic E-state index is 0.0465. The van der Waals surface area contributed by atoms with Gasteiger partial charge in [-0.25, -0.2) is 0 Å². The fraction of sp³-hybridized carbons (Fsp3) is 0.500. The largest absolute Gasteiger partial charge is 0.496 e. The number of carbonyl (C=O) groups excluding carboxylic acids is 2. The number of amides is 2. The summed E-state index contributed by atoms with van der Waals surface area (Å²) in [5.74, 6) is 0.457. The summed E-state index contributed by atoms with van der Waals surface area (Å²) < 4.78 is 5.29. The van der Waals surface area contributed by atoms with Crippen molar-refractivity contribution in [3.8, 4) is 5.75 Å². The molecule has 22 heavy (non-hydrogen) atoms. The molecule has 1 aromatic carbocycles. The summed E-state index contributed by atoms with van der Waals surface area (Å²) in [6.07, 6.45) is 1.02. The molecule has 1 atom stereocenters. The molecule has 0 saturated carbocycles. The molecule has 0 radical (unpaired) electrons. The van der Waals surface area contributed by atoms with Crippen molar-refractivity contribution in [2.24, 2.45) is 5.73 Å². The van der Waals surface area contributed by atoms with Crippen molar-refractivity contribution in [3.05, 3.63) is 29.8 Å². The van der Waals surface area contributed by atoms with Gasteiger partial charge in [0.2, 0.25) is 11.8 Å². The van der Waals surface area contributed by atoms with Crippen LogP contribution in [0.2, 0.25) is 0 Å². The van der Waals surface area contributed by atoms with Crippen LogP contribution in [0, 0.1) is 0 Å². The third kappa shape index (κ3) is 3.76. The maximum Gasteiger partial charge on any atom is 0.236 e. The normalized spacial score (nSPS) is 19.0. The van der Waals surface area contributed by atoms with Gasteiger partial charge in [0, 0.05) is 26.1 Å². The Morgan fingerprint density at radius 3 is 2.73 bits per heavy atom. The van der Waals surface area contributed by atoms with Crippen LogP contribution >= 0.6 is 0 Å². The average molecular weight is 305 g/mol. The summed E-state index contributed by atoms with van der Waals surface area (Å²) in [6.45, 7) is 1.66. The van der Waals surface area contributed by atoms with E-state index in [9.17, 15) is 9.59 Å². The van der Waals surface area contributed by atoms with E-state index >= 15 is 0 Å². The molecule has 0 aliphatic carbocycles. The van der Waals surface area contributed by atoms with Crippen LogP contribution in [-0.2, 0) is 16.0 Å². The molecule has 1 aliphatic rings. The Labute approximate surface area is 130 Å². The van der Waals surface area contributed by atoms with Crippen LogP contribution in [-0.4, -0.2) is 61.4 Å². The Morgan fingerprint density at radius 1 is 1.32 bits per heavy atom. The Balaban J connectivity index is 1.93. The minimum atomic E-state index is -0.399. The van der Waals surface area contributed by atoms with Crippen molar-refractivity contribution in [2.45, 2.75) is 18.9 Å². The van der Waals surface area contributed by atoms with Gasteiger partial charge in [0.15, 0.2) is 0 Å². The number of hydrogen-bond acceptors (Lipinski definition) is 4. The van der Waals surface area contributed by atoms with Gasteiger partial charge in [0.1, 0.15) is 11.8 Å². The maximum absolute atomic E-state index is 12.4. The van der Waals surface area contributed by atoms with Crippen LogP contribution in [0.15, 0.2) is 24.3 Å². The first-order chi connectivity index (χ1) is 10.5. The third-order valence-corrected chi connectivity index (χ3v) is 4.13. The average Bonchev–Trinajstić information content (AvgIpc) is 2.53. The highest BCUT2D eigenvalue weighted by Crippen LogP contribution is 2.19. The molecule has 6 heteroatoms. The number of piperazine rings is 1. The van der Waals surface area contributed by atoms with Crippen LogP contribution < -0.4 is 10.5 Å². The SMILES string of the molecule is COc1ccccc1CCC(=O)N1CCN(C)C(C(N)=O)C1. The molecule has 6 nitrogen and oxygen atoms in total. The van der Waals surface area contributed by atoms with E-state index in [4.69, 9.17) is 10.5 Å². The Hall–Kier alpha value is -2.08. The molecule has 1 fully saturated rings. The summed E-state index contributed by atoms with van der Waals surface area (Å²) in [5, 5.41) is 0. The number of carbonyl (C=O) groups is 2. The van der Waals surface area contributed by atoms with Gasteiger partial charge in [-0.1, -0.05) is 18.2 Å². The van der Waals surface area contributed by atoms with Crippen molar-refractivity contribution in [1.82, 2.24) is 9.80 Å². The predicted molar refractivity (Wildman–Crippen MR) is 83.5 cm³/mol. The quantitative estimate of drug-likeness (QED) is 0.846. The zero-order chi connectivity index (χ0) is 16.1. The molecule has 1 heterocycles. The first-order valence-electron chi connectivity index (χ1n) is 7.42. The van der Waals surface area contributed by atoms with E-state index in [-0.39, 0.29) is 11.8 Å². The number of hydrogen-bond donors (Lipinski definition) is 1. The Morgan fingerprint density at radius 2 is 2.05 bits per heavy atom. The summed E-state index contributed by atoms with van der Waals surface area (Å²) in [6, 6.07) is 7.29. The van der Waals surface area contributed by atoms with Gasteiger partial charge in [-0.3, -0.25) is 14.5 Å². The van der Waals surface area contributed by atoms with Gasteiger partial charge in [0.05, 0.1) is 7.11 Å². The summed E-state index contributed by atoms with van der Waals surface area (Å²) >= 11 is 0. The number of likely N-dealkylation sites (N-methyl/N-ethyl adjacent to an activating group) is 1. The topological polar surface area (TPSA) is 75.9 Å². The maximum atomic E-state index is 12.4. The second-order valence-corrected chi connectivity index (χ2v) is 5.55. The highest BCUT2D eigenvalue weighted by Gasteiger charge is 2.30. The van der Waals surface area contributed by atoms with E-state index < -0.39 is 6.04 Å². The van der Waals surface area contributed by atoms with Gasteiger partial charge in [-0.15, -0.1) is 0 Å². The molecule has 0 aromatic heterocycles. The number of rotatable bonds is 5. The molecule has 2 rings (SSSR count). The second kappa shape index (κ2) is 7.26. The zero-order valence-corrected chi connectivity index (χ0v) is 13.1. The second-order valence-electron chi connectivity index (χ2n) is 5.55. The van der Waals surface area contributed by atoms with E-state index in [1.165, 1.54) is 0 Å². The summed E-state index contributed by atoms with van der Waals surface area (Å²) in [5.41, 5.74) is 6.40. The lowest BCUT2D eigenvalue weighted by atomic mass is 10.1. The summed E-state index contributed by atoms with van der Waals surface area (Å²) in [7, 11) is 3.48. The van der Waals surface area contributed by atoms with Crippen molar-refractivity contribution in [3.63, 3.8) is 0 Å². The number of benzene rings is 1. The number of primary amides is 1. The molecule has 0 bridgehead atoms. The fourth-order valence-electron chi connectivity index (χ4n) is 2.72. The third-order valence-electron chi connectivity index (χ3n) is 4.13. The van der Waals surface area contributed by atoms with Crippen LogP contribution in [0.5, 0.6) is 5.75 Å². The van der Waals surface area contributed by atoms with Crippen LogP contribution in [0.4, 0.5) is 0 Å². The lowest BCUT2D eigenvalue weighted by Crippen LogP contribution is -2.57. The van der Waals surface area contributed by atoms with E-state index in [1.807, 2.05) is 36.2 Å². The van der Waals surface area contributed by atoms with E-state index in [1.54, 1.807) is 12.0 Å². The van der Waals surface area contributed by atoms with Gasteiger partial charge < -0.3 is 15.4 Å². The van der Waals surface area contributed by atoms with Gasteiger partial charge in [0.25, 0.3) is 0 Å².